The number of rotatable bonds is 5. The molecule has 3 fully saturated rings. The fourth-order valence-corrected chi connectivity index (χ4v) is 5.47. The summed E-state index contributed by atoms with van der Waals surface area (Å²) in [4.78, 5) is 43.1. The van der Waals surface area contributed by atoms with Crippen molar-refractivity contribution in [3.05, 3.63) is 35.4 Å². The monoisotopic (exact) mass is 439 g/mol. The maximum atomic E-state index is 13.4. The molecular formula is C26H37N3O3. The number of carbonyl (C=O) groups is 3. The molecule has 6 heteroatoms. The molecule has 0 aromatic heterocycles. The van der Waals surface area contributed by atoms with E-state index >= 15 is 0 Å². The fraction of sp³-hybridized carbons (Fsp3) is 0.654. The molecule has 32 heavy (non-hydrogen) atoms. The van der Waals surface area contributed by atoms with E-state index in [1.54, 1.807) is 0 Å². The second-order valence-corrected chi connectivity index (χ2v) is 9.85. The molecule has 3 aliphatic rings. The Hall–Kier alpha value is -2.37. The van der Waals surface area contributed by atoms with E-state index in [0.29, 0.717) is 18.7 Å². The molecule has 1 atom stereocenters. The average molecular weight is 440 g/mol. The van der Waals surface area contributed by atoms with E-state index in [1.165, 1.54) is 6.42 Å². The Labute approximate surface area is 191 Å². The highest BCUT2D eigenvalue weighted by molar-refractivity contribution is 5.94. The number of likely N-dealkylation sites (tertiary alicyclic amines) is 2. The third kappa shape index (κ3) is 5.33. The standard InChI is InChI=1S/C26H37N3O3/c1-19-9-11-22(12-10-19)25(31)29-17-13-20(14-18-29)23(26(32)28-15-5-2-6-16-28)27-24(30)21-7-3-4-8-21/h9-12,20-21,23H,2-8,13-18H2,1H3,(H,27,30). The van der Waals surface area contributed by atoms with Gasteiger partial charge < -0.3 is 15.1 Å². The largest absolute Gasteiger partial charge is 0.344 e. The lowest BCUT2D eigenvalue weighted by atomic mass is 9.87. The van der Waals surface area contributed by atoms with Crippen molar-refractivity contribution in [3.63, 3.8) is 0 Å². The summed E-state index contributed by atoms with van der Waals surface area (Å²) in [5, 5.41) is 3.17. The molecule has 1 aromatic carbocycles. The van der Waals surface area contributed by atoms with Crippen LogP contribution in [-0.2, 0) is 9.59 Å². The number of carbonyl (C=O) groups excluding carboxylic acids is 3. The van der Waals surface area contributed by atoms with Gasteiger partial charge in [0.2, 0.25) is 11.8 Å². The van der Waals surface area contributed by atoms with Crippen LogP contribution < -0.4 is 5.32 Å². The van der Waals surface area contributed by atoms with Gasteiger partial charge in [-0.1, -0.05) is 30.5 Å². The van der Waals surface area contributed by atoms with Gasteiger partial charge in [-0.05, 0) is 69.9 Å². The van der Waals surface area contributed by atoms with E-state index in [0.717, 1.165) is 70.0 Å². The molecule has 2 heterocycles. The van der Waals surface area contributed by atoms with Gasteiger partial charge in [0.05, 0.1) is 0 Å². The fourth-order valence-electron chi connectivity index (χ4n) is 5.47. The number of hydrogen-bond donors (Lipinski definition) is 1. The van der Waals surface area contributed by atoms with Gasteiger partial charge in [0.25, 0.3) is 5.91 Å². The van der Waals surface area contributed by atoms with Crippen molar-refractivity contribution >= 4 is 17.7 Å². The average Bonchev–Trinajstić information content (AvgIpc) is 3.38. The van der Waals surface area contributed by atoms with Crippen molar-refractivity contribution in [2.24, 2.45) is 11.8 Å². The van der Waals surface area contributed by atoms with Crippen molar-refractivity contribution in [2.45, 2.75) is 70.8 Å². The van der Waals surface area contributed by atoms with Gasteiger partial charge in [0.15, 0.2) is 0 Å². The van der Waals surface area contributed by atoms with E-state index in [9.17, 15) is 14.4 Å². The van der Waals surface area contributed by atoms with Crippen LogP contribution in [0.2, 0.25) is 0 Å². The molecular weight excluding hydrogens is 402 g/mol. The van der Waals surface area contributed by atoms with Crippen LogP contribution in [0, 0.1) is 18.8 Å². The van der Waals surface area contributed by atoms with Crippen LogP contribution in [0.25, 0.3) is 0 Å². The zero-order valence-electron chi connectivity index (χ0n) is 19.4. The van der Waals surface area contributed by atoms with E-state index in [2.05, 4.69) is 5.32 Å². The Kier molecular flexibility index (Phi) is 7.48. The second kappa shape index (κ2) is 10.5. The SMILES string of the molecule is Cc1ccc(C(=O)N2CCC(C(NC(=O)C3CCCC3)C(=O)N3CCCCC3)CC2)cc1. The summed E-state index contributed by atoms with van der Waals surface area (Å²) >= 11 is 0. The summed E-state index contributed by atoms with van der Waals surface area (Å²) in [7, 11) is 0. The number of benzene rings is 1. The predicted molar refractivity (Wildman–Crippen MR) is 124 cm³/mol. The number of nitrogens with zero attached hydrogens (tertiary/aromatic N) is 2. The van der Waals surface area contributed by atoms with Crippen molar-refractivity contribution < 1.29 is 14.4 Å². The van der Waals surface area contributed by atoms with E-state index in [4.69, 9.17) is 0 Å². The predicted octanol–water partition coefficient (Wildman–Crippen LogP) is 3.53. The molecule has 1 saturated carbocycles. The number of nitrogens with one attached hydrogen (secondary N) is 1. The minimum atomic E-state index is -0.460. The van der Waals surface area contributed by atoms with E-state index in [-0.39, 0.29) is 29.6 Å². The molecule has 2 aliphatic heterocycles. The maximum absolute atomic E-state index is 13.4. The highest BCUT2D eigenvalue weighted by Crippen LogP contribution is 2.28. The first-order valence-corrected chi connectivity index (χ1v) is 12.5. The Bertz CT molecular complexity index is 802. The van der Waals surface area contributed by atoms with Gasteiger partial charge in [-0.25, -0.2) is 0 Å². The van der Waals surface area contributed by atoms with Crippen molar-refractivity contribution in [2.75, 3.05) is 26.2 Å². The highest BCUT2D eigenvalue weighted by atomic mass is 16.2. The van der Waals surface area contributed by atoms with Crippen molar-refractivity contribution in [3.8, 4) is 0 Å². The summed E-state index contributed by atoms with van der Waals surface area (Å²) in [5.74, 6) is 0.319. The third-order valence-corrected chi connectivity index (χ3v) is 7.55. The number of aryl methyl sites for hydroxylation is 1. The number of amides is 3. The number of hydrogen-bond acceptors (Lipinski definition) is 3. The van der Waals surface area contributed by atoms with E-state index < -0.39 is 6.04 Å². The summed E-state index contributed by atoms with van der Waals surface area (Å²) in [5.41, 5.74) is 1.85. The van der Waals surface area contributed by atoms with Crippen molar-refractivity contribution in [1.29, 1.82) is 0 Å². The molecule has 1 unspecified atom stereocenters. The molecule has 1 aliphatic carbocycles. The van der Waals surface area contributed by atoms with Gasteiger partial charge >= 0.3 is 0 Å². The first kappa shape index (κ1) is 22.8. The van der Waals surface area contributed by atoms with Gasteiger partial charge in [0, 0.05) is 37.7 Å². The molecule has 1 N–H and O–H groups in total. The molecule has 174 valence electrons. The first-order valence-electron chi connectivity index (χ1n) is 12.5. The summed E-state index contributed by atoms with van der Waals surface area (Å²) in [6.45, 7) is 4.85. The van der Waals surface area contributed by atoms with Gasteiger partial charge in [0.1, 0.15) is 6.04 Å². The molecule has 0 bridgehead atoms. The topological polar surface area (TPSA) is 69.7 Å². The summed E-state index contributed by atoms with van der Waals surface area (Å²) in [6, 6.07) is 7.23. The zero-order chi connectivity index (χ0) is 22.5. The molecule has 0 spiro atoms. The van der Waals surface area contributed by atoms with Crippen LogP contribution >= 0.6 is 0 Å². The first-order chi connectivity index (χ1) is 15.5. The molecule has 4 rings (SSSR count). The minimum absolute atomic E-state index is 0.0508. The summed E-state index contributed by atoms with van der Waals surface area (Å²) < 4.78 is 0. The van der Waals surface area contributed by atoms with Crippen LogP contribution in [0.15, 0.2) is 24.3 Å². The molecule has 2 saturated heterocycles. The van der Waals surface area contributed by atoms with Crippen molar-refractivity contribution in [1.82, 2.24) is 15.1 Å². The Morgan fingerprint density at radius 2 is 1.44 bits per heavy atom. The van der Waals surface area contributed by atoms with Gasteiger partial charge in [-0.2, -0.15) is 0 Å². The Morgan fingerprint density at radius 3 is 2.06 bits per heavy atom. The highest BCUT2D eigenvalue weighted by Gasteiger charge is 2.37. The lowest BCUT2D eigenvalue weighted by Crippen LogP contribution is -2.56. The minimum Gasteiger partial charge on any atom is -0.344 e. The molecule has 3 amide bonds. The third-order valence-electron chi connectivity index (χ3n) is 7.55. The van der Waals surface area contributed by atoms with Crippen LogP contribution in [0.1, 0.15) is 73.7 Å². The molecule has 6 nitrogen and oxygen atoms in total. The quantitative estimate of drug-likeness (QED) is 0.763. The zero-order valence-corrected chi connectivity index (χ0v) is 19.4. The maximum Gasteiger partial charge on any atom is 0.253 e. The van der Waals surface area contributed by atoms with Crippen LogP contribution in [0.5, 0.6) is 0 Å². The Morgan fingerprint density at radius 1 is 0.812 bits per heavy atom. The van der Waals surface area contributed by atoms with Gasteiger partial charge in [-0.3, -0.25) is 14.4 Å². The van der Waals surface area contributed by atoms with Crippen LogP contribution in [-0.4, -0.2) is 59.7 Å². The van der Waals surface area contributed by atoms with E-state index in [1.807, 2.05) is 41.0 Å². The summed E-state index contributed by atoms with van der Waals surface area (Å²) in [6.07, 6.45) is 8.80. The normalized spacial score (nSPS) is 21.4. The smallest absolute Gasteiger partial charge is 0.253 e. The van der Waals surface area contributed by atoms with Gasteiger partial charge in [-0.15, -0.1) is 0 Å². The van der Waals surface area contributed by atoms with Crippen LogP contribution in [0.4, 0.5) is 0 Å². The lowest BCUT2D eigenvalue weighted by molar-refractivity contribution is -0.140. The second-order valence-electron chi connectivity index (χ2n) is 9.85. The Balaban J connectivity index is 1.41. The number of piperidine rings is 2. The molecule has 1 aromatic rings. The van der Waals surface area contributed by atoms with Crippen LogP contribution in [0.3, 0.4) is 0 Å². The lowest BCUT2D eigenvalue weighted by Gasteiger charge is -2.39. The molecule has 0 radical (unpaired) electrons.